The maximum absolute atomic E-state index is 15.2. The molecule has 3 atom stereocenters. The van der Waals surface area contributed by atoms with E-state index in [0.29, 0.717) is 37.2 Å². The fraction of sp³-hybridized carbons (Fsp3) is 0.607. The molecule has 0 aromatic carbocycles. The molecule has 2 aromatic heterocycles. The lowest BCUT2D eigenvalue weighted by molar-refractivity contribution is -0.143. The van der Waals surface area contributed by atoms with E-state index in [1.807, 2.05) is 4.90 Å². The van der Waals surface area contributed by atoms with Gasteiger partial charge in [0.05, 0.1) is 6.20 Å². The van der Waals surface area contributed by atoms with Gasteiger partial charge in [0.15, 0.2) is 0 Å². The van der Waals surface area contributed by atoms with Crippen LogP contribution in [-0.2, 0) is 17.6 Å². The normalized spacial score (nSPS) is 21.9. The molecule has 5 rings (SSSR count). The lowest BCUT2D eigenvalue weighted by Gasteiger charge is -2.31. The van der Waals surface area contributed by atoms with Crippen molar-refractivity contribution in [2.75, 3.05) is 25.0 Å². The SMILES string of the molecule is O=C(O)C(c1cc(F)cnc1C1CCC1)N1CC[C@@H](C(F)CCCCc2ccc3c(n2)NCCC3)C1. The number of hydrogen-bond donors (Lipinski definition) is 2. The Labute approximate surface area is 211 Å². The van der Waals surface area contributed by atoms with Crippen molar-refractivity contribution in [1.82, 2.24) is 14.9 Å². The highest BCUT2D eigenvalue weighted by Crippen LogP contribution is 2.41. The third kappa shape index (κ3) is 5.53. The Balaban J connectivity index is 1.15. The number of unbranched alkanes of at least 4 members (excludes halogenated alkanes) is 1. The Morgan fingerprint density at radius 3 is 2.86 bits per heavy atom. The second-order valence-electron chi connectivity index (χ2n) is 10.6. The fourth-order valence-electron chi connectivity index (χ4n) is 5.93. The van der Waals surface area contributed by atoms with Gasteiger partial charge in [-0.25, -0.2) is 13.8 Å². The molecule has 2 N–H and O–H groups in total. The van der Waals surface area contributed by atoms with Gasteiger partial charge in [0, 0.05) is 41.9 Å². The number of nitrogens with zero attached hydrogens (tertiary/aromatic N) is 3. The lowest BCUT2D eigenvalue weighted by Crippen LogP contribution is -2.35. The number of aromatic nitrogens is 2. The van der Waals surface area contributed by atoms with Gasteiger partial charge in [0.1, 0.15) is 23.8 Å². The van der Waals surface area contributed by atoms with Gasteiger partial charge in [0.2, 0.25) is 0 Å². The summed E-state index contributed by atoms with van der Waals surface area (Å²) in [6.07, 6.45) is 8.94. The standard InChI is InChI=1S/C28H36F2N4O2/c29-21-15-23(25(32-16-21)18-5-3-6-18)26(28(35)36)34-14-12-20(17-34)24(30)9-2-1-8-22-11-10-19-7-4-13-31-27(19)33-22/h10-11,15-16,18,20,24,26H,1-9,12-14,17H2,(H,31,33)(H,35,36)/t20-,24?,26?/m1/s1. The van der Waals surface area contributed by atoms with Crippen molar-refractivity contribution >= 4 is 11.8 Å². The molecule has 1 saturated heterocycles. The van der Waals surface area contributed by atoms with Crippen LogP contribution in [0, 0.1) is 11.7 Å². The zero-order valence-corrected chi connectivity index (χ0v) is 20.8. The molecule has 0 bridgehead atoms. The number of likely N-dealkylation sites (tertiary alicyclic amines) is 1. The van der Waals surface area contributed by atoms with Crippen molar-refractivity contribution in [2.24, 2.45) is 5.92 Å². The third-order valence-corrected chi connectivity index (χ3v) is 8.18. The number of aryl methyl sites for hydroxylation is 2. The number of carboxylic acids is 1. The van der Waals surface area contributed by atoms with Gasteiger partial charge >= 0.3 is 5.97 Å². The summed E-state index contributed by atoms with van der Waals surface area (Å²) in [5.74, 6) is -0.564. The molecule has 194 valence electrons. The van der Waals surface area contributed by atoms with E-state index in [1.165, 1.54) is 17.8 Å². The Bertz CT molecular complexity index is 1080. The third-order valence-electron chi connectivity index (χ3n) is 8.18. The second-order valence-corrected chi connectivity index (χ2v) is 10.6. The number of fused-ring (bicyclic) bond motifs is 1. The minimum absolute atomic E-state index is 0.190. The highest BCUT2D eigenvalue weighted by Gasteiger charge is 2.39. The molecule has 2 aliphatic heterocycles. The van der Waals surface area contributed by atoms with Crippen LogP contribution in [0.4, 0.5) is 14.6 Å². The Kier molecular flexibility index (Phi) is 7.79. The number of carboxylic acid groups (broad SMARTS) is 1. The van der Waals surface area contributed by atoms with Gasteiger partial charge in [-0.2, -0.15) is 0 Å². The average molecular weight is 499 g/mol. The number of rotatable bonds is 10. The van der Waals surface area contributed by atoms with Gasteiger partial charge in [0.25, 0.3) is 0 Å². The number of alkyl halides is 1. The number of nitrogens with one attached hydrogen (secondary N) is 1. The number of anilines is 1. The van der Waals surface area contributed by atoms with Crippen LogP contribution in [0.5, 0.6) is 0 Å². The van der Waals surface area contributed by atoms with Gasteiger partial charge in [-0.15, -0.1) is 0 Å². The van der Waals surface area contributed by atoms with E-state index < -0.39 is 24.0 Å². The van der Waals surface area contributed by atoms with Crippen LogP contribution in [0.25, 0.3) is 0 Å². The van der Waals surface area contributed by atoms with Crippen molar-refractivity contribution in [2.45, 2.75) is 82.3 Å². The molecule has 2 unspecified atom stereocenters. The summed E-state index contributed by atoms with van der Waals surface area (Å²) in [5.41, 5.74) is 3.45. The molecule has 3 aliphatic rings. The first kappa shape index (κ1) is 25.1. The number of hydrogen-bond acceptors (Lipinski definition) is 5. The van der Waals surface area contributed by atoms with E-state index in [-0.39, 0.29) is 11.8 Å². The lowest BCUT2D eigenvalue weighted by atomic mass is 9.80. The van der Waals surface area contributed by atoms with Crippen molar-refractivity contribution in [3.63, 3.8) is 0 Å². The van der Waals surface area contributed by atoms with Crippen LogP contribution < -0.4 is 5.32 Å². The quantitative estimate of drug-likeness (QED) is 0.425. The van der Waals surface area contributed by atoms with Crippen molar-refractivity contribution in [3.05, 3.63) is 52.7 Å². The topological polar surface area (TPSA) is 78.3 Å². The maximum Gasteiger partial charge on any atom is 0.325 e. The molecule has 0 amide bonds. The average Bonchev–Trinajstić information content (AvgIpc) is 3.31. The zero-order valence-electron chi connectivity index (χ0n) is 20.8. The summed E-state index contributed by atoms with van der Waals surface area (Å²) in [6.45, 7) is 1.83. The zero-order chi connectivity index (χ0) is 25.1. The summed E-state index contributed by atoms with van der Waals surface area (Å²) in [7, 11) is 0. The Hall–Kier alpha value is -2.61. The molecule has 4 heterocycles. The van der Waals surface area contributed by atoms with Crippen molar-refractivity contribution < 1.29 is 18.7 Å². The van der Waals surface area contributed by atoms with Gasteiger partial charge < -0.3 is 10.4 Å². The minimum Gasteiger partial charge on any atom is -0.480 e. The molecule has 2 aromatic rings. The molecule has 2 fully saturated rings. The van der Waals surface area contributed by atoms with Crippen molar-refractivity contribution in [1.29, 1.82) is 0 Å². The molecule has 0 spiro atoms. The first-order valence-corrected chi connectivity index (χ1v) is 13.5. The summed E-state index contributed by atoms with van der Waals surface area (Å²) >= 11 is 0. The highest BCUT2D eigenvalue weighted by molar-refractivity contribution is 5.76. The predicted octanol–water partition coefficient (Wildman–Crippen LogP) is 5.44. The maximum atomic E-state index is 15.2. The number of halogens is 2. The number of pyridine rings is 2. The summed E-state index contributed by atoms with van der Waals surface area (Å²) in [5, 5.41) is 13.4. The van der Waals surface area contributed by atoms with Gasteiger partial charge in [-0.3, -0.25) is 14.7 Å². The molecule has 1 saturated carbocycles. The van der Waals surface area contributed by atoms with Gasteiger partial charge in [-0.1, -0.05) is 18.9 Å². The summed E-state index contributed by atoms with van der Waals surface area (Å²) in [6, 6.07) is 4.57. The summed E-state index contributed by atoms with van der Waals surface area (Å²) < 4.78 is 29.2. The second kappa shape index (κ2) is 11.2. The molecular weight excluding hydrogens is 462 g/mol. The van der Waals surface area contributed by atoms with E-state index in [9.17, 15) is 14.3 Å². The predicted molar refractivity (Wildman–Crippen MR) is 134 cm³/mol. The van der Waals surface area contributed by atoms with Crippen LogP contribution in [0.3, 0.4) is 0 Å². The van der Waals surface area contributed by atoms with Crippen LogP contribution in [0.15, 0.2) is 24.4 Å². The first-order chi connectivity index (χ1) is 17.5. The van der Waals surface area contributed by atoms with Crippen molar-refractivity contribution in [3.8, 4) is 0 Å². The molecule has 6 nitrogen and oxygen atoms in total. The van der Waals surface area contributed by atoms with E-state index in [4.69, 9.17) is 4.98 Å². The van der Waals surface area contributed by atoms with Crippen LogP contribution >= 0.6 is 0 Å². The molecule has 8 heteroatoms. The summed E-state index contributed by atoms with van der Waals surface area (Å²) in [4.78, 5) is 23.1. The van der Waals surface area contributed by atoms with E-state index in [0.717, 1.165) is 69.4 Å². The van der Waals surface area contributed by atoms with Crippen LogP contribution in [-0.4, -0.2) is 51.7 Å². The van der Waals surface area contributed by atoms with Gasteiger partial charge in [-0.05, 0) is 75.6 Å². The Morgan fingerprint density at radius 1 is 1.22 bits per heavy atom. The monoisotopic (exact) mass is 498 g/mol. The smallest absolute Gasteiger partial charge is 0.325 e. The number of aliphatic carboxylic acids is 1. The van der Waals surface area contributed by atoms with E-state index in [2.05, 4.69) is 22.4 Å². The fourth-order valence-corrected chi connectivity index (χ4v) is 5.93. The van der Waals surface area contributed by atoms with Crippen LogP contribution in [0.2, 0.25) is 0 Å². The largest absolute Gasteiger partial charge is 0.480 e. The molecule has 0 radical (unpaired) electrons. The minimum atomic E-state index is -1.02. The highest BCUT2D eigenvalue weighted by atomic mass is 19.1. The van der Waals surface area contributed by atoms with Crippen LogP contribution in [0.1, 0.15) is 85.8 Å². The molecular formula is C28H36F2N4O2. The number of carbonyl (C=O) groups is 1. The van der Waals surface area contributed by atoms with E-state index >= 15 is 4.39 Å². The first-order valence-electron chi connectivity index (χ1n) is 13.5. The molecule has 36 heavy (non-hydrogen) atoms. The van der Waals surface area contributed by atoms with E-state index in [1.54, 1.807) is 0 Å². The molecule has 1 aliphatic carbocycles. The Morgan fingerprint density at radius 2 is 2.08 bits per heavy atom.